The molecule has 20 heavy (non-hydrogen) atoms. The standard InChI is InChI=1S/C14H15FN4O/c15-11-3-1-10-2-4-14(20)19(13(10)7-11)6-5-18-9-12(16)8-17-18/h1,3,7-9H,2,4-6,16H2. The maximum absolute atomic E-state index is 13.4. The maximum atomic E-state index is 13.4. The molecule has 1 aliphatic rings. The van der Waals surface area contributed by atoms with E-state index in [2.05, 4.69) is 5.10 Å². The number of anilines is 2. The molecular formula is C14H15FN4O. The van der Waals surface area contributed by atoms with E-state index in [0.717, 1.165) is 5.56 Å². The number of halogens is 1. The first-order chi connectivity index (χ1) is 9.63. The second-order valence-electron chi connectivity index (χ2n) is 4.86. The van der Waals surface area contributed by atoms with Gasteiger partial charge in [0, 0.05) is 24.8 Å². The van der Waals surface area contributed by atoms with E-state index >= 15 is 0 Å². The van der Waals surface area contributed by atoms with Gasteiger partial charge in [-0.3, -0.25) is 9.48 Å². The van der Waals surface area contributed by atoms with Crippen molar-refractivity contribution in [2.75, 3.05) is 17.2 Å². The molecule has 5 nitrogen and oxygen atoms in total. The van der Waals surface area contributed by atoms with Crippen LogP contribution in [0.3, 0.4) is 0 Å². The number of carbonyl (C=O) groups is 1. The third-order valence-electron chi connectivity index (χ3n) is 3.45. The van der Waals surface area contributed by atoms with E-state index in [0.29, 0.717) is 37.3 Å². The van der Waals surface area contributed by atoms with Crippen molar-refractivity contribution >= 4 is 17.3 Å². The van der Waals surface area contributed by atoms with E-state index in [1.165, 1.54) is 12.1 Å². The van der Waals surface area contributed by atoms with Crippen LogP contribution in [-0.4, -0.2) is 22.2 Å². The van der Waals surface area contributed by atoms with Gasteiger partial charge in [-0.05, 0) is 24.1 Å². The molecule has 2 aromatic rings. The van der Waals surface area contributed by atoms with Crippen LogP contribution in [0, 0.1) is 5.82 Å². The van der Waals surface area contributed by atoms with Crippen LogP contribution >= 0.6 is 0 Å². The van der Waals surface area contributed by atoms with Crippen molar-refractivity contribution in [2.45, 2.75) is 19.4 Å². The molecule has 2 heterocycles. The van der Waals surface area contributed by atoms with Crippen molar-refractivity contribution < 1.29 is 9.18 Å². The summed E-state index contributed by atoms with van der Waals surface area (Å²) in [5.41, 5.74) is 7.86. The molecule has 104 valence electrons. The number of aryl methyl sites for hydroxylation is 1. The van der Waals surface area contributed by atoms with Gasteiger partial charge >= 0.3 is 0 Å². The zero-order valence-electron chi connectivity index (χ0n) is 10.9. The molecule has 0 radical (unpaired) electrons. The summed E-state index contributed by atoms with van der Waals surface area (Å²) in [7, 11) is 0. The molecule has 0 saturated heterocycles. The molecule has 0 spiro atoms. The lowest BCUT2D eigenvalue weighted by molar-refractivity contribution is -0.118. The van der Waals surface area contributed by atoms with Crippen molar-refractivity contribution in [1.82, 2.24) is 9.78 Å². The number of nitrogens with two attached hydrogens (primary N) is 1. The van der Waals surface area contributed by atoms with Gasteiger partial charge < -0.3 is 10.6 Å². The van der Waals surface area contributed by atoms with Crippen molar-refractivity contribution in [3.05, 3.63) is 42.0 Å². The molecule has 3 rings (SSSR count). The smallest absolute Gasteiger partial charge is 0.227 e. The summed E-state index contributed by atoms with van der Waals surface area (Å²) < 4.78 is 15.1. The van der Waals surface area contributed by atoms with Gasteiger partial charge in [0.05, 0.1) is 18.4 Å². The van der Waals surface area contributed by atoms with Crippen LogP contribution < -0.4 is 10.6 Å². The second-order valence-corrected chi connectivity index (χ2v) is 4.86. The fraction of sp³-hybridized carbons (Fsp3) is 0.286. The molecule has 0 aliphatic carbocycles. The fourth-order valence-corrected chi connectivity index (χ4v) is 2.46. The van der Waals surface area contributed by atoms with E-state index in [-0.39, 0.29) is 11.7 Å². The molecule has 6 heteroatoms. The van der Waals surface area contributed by atoms with Crippen LogP contribution in [-0.2, 0) is 17.8 Å². The number of rotatable bonds is 3. The summed E-state index contributed by atoms with van der Waals surface area (Å²) in [6.45, 7) is 0.981. The third kappa shape index (κ3) is 2.36. The van der Waals surface area contributed by atoms with E-state index in [4.69, 9.17) is 5.73 Å². The molecule has 2 N–H and O–H groups in total. The van der Waals surface area contributed by atoms with Gasteiger partial charge in [-0.1, -0.05) is 6.07 Å². The highest BCUT2D eigenvalue weighted by Gasteiger charge is 2.24. The Labute approximate surface area is 115 Å². The van der Waals surface area contributed by atoms with E-state index in [9.17, 15) is 9.18 Å². The number of nitrogen functional groups attached to an aromatic ring is 1. The van der Waals surface area contributed by atoms with Gasteiger partial charge in [-0.2, -0.15) is 5.10 Å². The van der Waals surface area contributed by atoms with Crippen LogP contribution in [0.1, 0.15) is 12.0 Å². The Morgan fingerprint density at radius 3 is 2.90 bits per heavy atom. The van der Waals surface area contributed by atoms with Crippen molar-refractivity contribution in [2.24, 2.45) is 0 Å². The number of amides is 1. The number of hydrogen-bond donors (Lipinski definition) is 1. The first kappa shape index (κ1) is 12.7. The van der Waals surface area contributed by atoms with Crippen LogP contribution in [0.25, 0.3) is 0 Å². The lowest BCUT2D eigenvalue weighted by Crippen LogP contribution is -2.37. The molecule has 1 aromatic heterocycles. The van der Waals surface area contributed by atoms with Crippen LogP contribution in [0.15, 0.2) is 30.6 Å². The number of benzene rings is 1. The van der Waals surface area contributed by atoms with Gasteiger partial charge in [0.2, 0.25) is 5.91 Å². The highest BCUT2D eigenvalue weighted by Crippen LogP contribution is 2.28. The molecule has 0 fully saturated rings. The average molecular weight is 274 g/mol. The van der Waals surface area contributed by atoms with E-state index in [1.807, 2.05) is 0 Å². The lowest BCUT2D eigenvalue weighted by Gasteiger charge is -2.29. The van der Waals surface area contributed by atoms with Gasteiger partial charge in [-0.25, -0.2) is 4.39 Å². The Hall–Kier alpha value is -2.37. The highest BCUT2D eigenvalue weighted by atomic mass is 19.1. The molecular weight excluding hydrogens is 259 g/mol. The minimum Gasteiger partial charge on any atom is -0.396 e. The number of carbonyl (C=O) groups excluding carboxylic acids is 1. The third-order valence-corrected chi connectivity index (χ3v) is 3.45. The summed E-state index contributed by atoms with van der Waals surface area (Å²) in [4.78, 5) is 13.7. The number of hydrogen-bond acceptors (Lipinski definition) is 3. The topological polar surface area (TPSA) is 64.2 Å². The molecule has 1 aromatic carbocycles. The van der Waals surface area contributed by atoms with Crippen LogP contribution in [0.4, 0.5) is 15.8 Å². The van der Waals surface area contributed by atoms with E-state index < -0.39 is 0 Å². The molecule has 0 unspecified atom stereocenters. The quantitative estimate of drug-likeness (QED) is 0.924. The minimum absolute atomic E-state index is 0.0169. The number of nitrogens with zero attached hydrogens (tertiary/aromatic N) is 3. The fourth-order valence-electron chi connectivity index (χ4n) is 2.46. The maximum Gasteiger partial charge on any atom is 0.227 e. The highest BCUT2D eigenvalue weighted by molar-refractivity contribution is 5.96. The predicted molar refractivity (Wildman–Crippen MR) is 73.7 cm³/mol. The number of aromatic nitrogens is 2. The van der Waals surface area contributed by atoms with Crippen LogP contribution in [0.2, 0.25) is 0 Å². The Bertz CT molecular complexity index is 652. The van der Waals surface area contributed by atoms with E-state index in [1.54, 1.807) is 28.0 Å². The summed E-state index contributed by atoms with van der Waals surface area (Å²) in [6.07, 6.45) is 4.39. The predicted octanol–water partition coefficient (Wildman–Crippen LogP) is 1.58. The molecule has 0 atom stereocenters. The minimum atomic E-state index is -0.327. The number of fused-ring (bicyclic) bond motifs is 1. The second kappa shape index (κ2) is 4.96. The SMILES string of the molecule is Nc1cnn(CCN2C(=O)CCc3ccc(F)cc32)c1. The summed E-state index contributed by atoms with van der Waals surface area (Å²) in [5, 5.41) is 4.08. The Kier molecular flexibility index (Phi) is 3.14. The van der Waals surface area contributed by atoms with Crippen molar-refractivity contribution in [3.63, 3.8) is 0 Å². The van der Waals surface area contributed by atoms with Gasteiger partial charge in [-0.15, -0.1) is 0 Å². The summed E-state index contributed by atoms with van der Waals surface area (Å²) in [6, 6.07) is 4.60. The average Bonchev–Trinajstić information content (AvgIpc) is 2.83. The largest absolute Gasteiger partial charge is 0.396 e. The zero-order valence-corrected chi connectivity index (χ0v) is 10.9. The molecule has 0 bridgehead atoms. The summed E-state index contributed by atoms with van der Waals surface area (Å²) >= 11 is 0. The van der Waals surface area contributed by atoms with Crippen molar-refractivity contribution in [1.29, 1.82) is 0 Å². The first-order valence-electron chi connectivity index (χ1n) is 6.50. The van der Waals surface area contributed by atoms with Gasteiger partial charge in [0.15, 0.2) is 0 Å². The van der Waals surface area contributed by atoms with Crippen LogP contribution in [0.5, 0.6) is 0 Å². The lowest BCUT2D eigenvalue weighted by atomic mass is 10.0. The Morgan fingerprint density at radius 2 is 2.15 bits per heavy atom. The monoisotopic (exact) mass is 274 g/mol. The zero-order chi connectivity index (χ0) is 14.1. The molecule has 1 amide bonds. The first-order valence-corrected chi connectivity index (χ1v) is 6.50. The van der Waals surface area contributed by atoms with Gasteiger partial charge in [0.25, 0.3) is 0 Å². The molecule has 1 aliphatic heterocycles. The molecule has 0 saturated carbocycles. The van der Waals surface area contributed by atoms with Gasteiger partial charge in [0.1, 0.15) is 5.82 Å². The Balaban J connectivity index is 1.82. The summed E-state index contributed by atoms with van der Waals surface area (Å²) in [5.74, 6) is -0.310. The Morgan fingerprint density at radius 1 is 1.30 bits per heavy atom. The van der Waals surface area contributed by atoms with Crippen molar-refractivity contribution in [3.8, 4) is 0 Å². The normalized spacial score (nSPS) is 14.4.